The van der Waals surface area contributed by atoms with Crippen molar-refractivity contribution >= 4 is 11.4 Å². The standard InChI is InChI=1S/C24H17FN6O3/c25-18-10-6-17(7-11-18)24-21(15-29(27-24)19-4-2-1-3-5-19)23-14-22(26-30(23)28-32)16-8-12-20(13-9-16)31(33)34/h1-13,15,23H,14H2. The monoisotopic (exact) mass is 456 g/mol. The molecule has 1 unspecified atom stereocenters. The van der Waals surface area contributed by atoms with E-state index in [0.717, 1.165) is 10.8 Å². The van der Waals surface area contributed by atoms with Gasteiger partial charge in [-0.25, -0.2) is 9.07 Å². The van der Waals surface area contributed by atoms with Crippen LogP contribution in [0.25, 0.3) is 16.9 Å². The van der Waals surface area contributed by atoms with E-state index in [-0.39, 0.29) is 11.5 Å². The molecule has 0 saturated heterocycles. The van der Waals surface area contributed by atoms with Crippen LogP contribution in [0.15, 0.2) is 95.4 Å². The quantitative estimate of drug-likeness (QED) is 0.219. The molecule has 5 rings (SSSR count). The van der Waals surface area contributed by atoms with Gasteiger partial charge in [-0.1, -0.05) is 18.2 Å². The van der Waals surface area contributed by atoms with Gasteiger partial charge in [0.15, 0.2) is 0 Å². The van der Waals surface area contributed by atoms with Crippen LogP contribution in [-0.4, -0.2) is 25.5 Å². The van der Waals surface area contributed by atoms with Crippen LogP contribution in [0.3, 0.4) is 0 Å². The summed E-state index contributed by atoms with van der Waals surface area (Å²) in [6, 6.07) is 20.8. The molecule has 0 bridgehead atoms. The molecule has 0 N–H and O–H groups in total. The number of halogens is 1. The van der Waals surface area contributed by atoms with Gasteiger partial charge in [-0.05, 0) is 54.1 Å². The molecule has 0 fully saturated rings. The van der Waals surface area contributed by atoms with Gasteiger partial charge in [0.05, 0.1) is 27.3 Å². The zero-order chi connectivity index (χ0) is 23.7. The number of para-hydroxylation sites is 1. The summed E-state index contributed by atoms with van der Waals surface area (Å²) >= 11 is 0. The topological polar surface area (TPSA) is 106 Å². The number of rotatable bonds is 6. The first-order chi connectivity index (χ1) is 16.5. The summed E-state index contributed by atoms with van der Waals surface area (Å²) in [4.78, 5) is 22.2. The number of nitro benzene ring substituents is 1. The Labute approximate surface area is 192 Å². The van der Waals surface area contributed by atoms with Crippen LogP contribution in [0.2, 0.25) is 0 Å². The maximum atomic E-state index is 13.6. The van der Waals surface area contributed by atoms with E-state index in [1.54, 1.807) is 28.9 Å². The van der Waals surface area contributed by atoms with Gasteiger partial charge in [0.2, 0.25) is 0 Å². The molecule has 2 heterocycles. The number of nitroso groups, excluding NO2 is 1. The molecule has 3 aromatic carbocycles. The maximum absolute atomic E-state index is 13.6. The molecule has 0 radical (unpaired) electrons. The molecule has 34 heavy (non-hydrogen) atoms. The van der Waals surface area contributed by atoms with Crippen molar-refractivity contribution in [3.63, 3.8) is 0 Å². The van der Waals surface area contributed by atoms with E-state index in [4.69, 9.17) is 5.10 Å². The first kappa shape index (κ1) is 21.1. The Balaban J connectivity index is 1.55. The minimum absolute atomic E-state index is 0.0352. The van der Waals surface area contributed by atoms with Crippen LogP contribution in [0.1, 0.15) is 23.6 Å². The van der Waals surface area contributed by atoms with Crippen molar-refractivity contribution in [1.29, 1.82) is 0 Å². The molecule has 9 nitrogen and oxygen atoms in total. The molecule has 1 atom stereocenters. The van der Waals surface area contributed by atoms with Gasteiger partial charge in [0.25, 0.3) is 5.69 Å². The number of nitro groups is 1. The molecule has 168 valence electrons. The third-order valence-corrected chi connectivity index (χ3v) is 5.62. The number of nitrogens with zero attached hydrogens (tertiary/aromatic N) is 6. The van der Waals surface area contributed by atoms with Gasteiger partial charge in [-0.3, -0.25) is 10.1 Å². The van der Waals surface area contributed by atoms with Crippen molar-refractivity contribution < 1.29 is 9.31 Å². The molecule has 4 aromatic rings. The average Bonchev–Trinajstić information content (AvgIpc) is 3.50. The smallest absolute Gasteiger partial charge is 0.258 e. The van der Waals surface area contributed by atoms with E-state index in [1.165, 1.54) is 24.3 Å². The molecule has 1 aliphatic heterocycles. The minimum Gasteiger partial charge on any atom is -0.258 e. The summed E-state index contributed by atoms with van der Waals surface area (Å²) in [5.41, 5.74) is 3.95. The van der Waals surface area contributed by atoms with Crippen LogP contribution in [0, 0.1) is 20.8 Å². The second-order valence-corrected chi connectivity index (χ2v) is 7.69. The highest BCUT2D eigenvalue weighted by atomic mass is 19.1. The Bertz CT molecular complexity index is 1380. The first-order valence-electron chi connectivity index (χ1n) is 10.4. The lowest BCUT2D eigenvalue weighted by Gasteiger charge is -2.15. The zero-order valence-corrected chi connectivity index (χ0v) is 17.7. The highest BCUT2D eigenvalue weighted by Gasteiger charge is 2.34. The largest absolute Gasteiger partial charge is 0.269 e. The van der Waals surface area contributed by atoms with E-state index in [9.17, 15) is 19.4 Å². The van der Waals surface area contributed by atoms with Crippen LogP contribution in [-0.2, 0) is 0 Å². The lowest BCUT2D eigenvalue weighted by molar-refractivity contribution is -0.384. The number of aromatic nitrogens is 2. The Kier molecular flexibility index (Phi) is 5.38. The number of hydrazone groups is 1. The fourth-order valence-electron chi connectivity index (χ4n) is 3.94. The molecule has 1 aliphatic rings. The number of hydrogen-bond donors (Lipinski definition) is 0. The maximum Gasteiger partial charge on any atom is 0.269 e. The van der Waals surface area contributed by atoms with Crippen molar-refractivity contribution in [3.05, 3.63) is 117 Å². The molecule has 0 aliphatic carbocycles. The summed E-state index contributed by atoms with van der Waals surface area (Å²) < 4.78 is 15.3. The van der Waals surface area contributed by atoms with E-state index >= 15 is 0 Å². The normalized spacial score (nSPS) is 15.3. The molecule has 0 amide bonds. The van der Waals surface area contributed by atoms with Crippen molar-refractivity contribution in [2.24, 2.45) is 10.4 Å². The first-order valence-corrected chi connectivity index (χ1v) is 10.4. The number of benzene rings is 3. The van der Waals surface area contributed by atoms with Crippen molar-refractivity contribution in [2.45, 2.75) is 12.5 Å². The fourth-order valence-corrected chi connectivity index (χ4v) is 3.94. The Hall–Kier alpha value is -4.73. The molecular weight excluding hydrogens is 439 g/mol. The second kappa shape index (κ2) is 8.66. The Morgan fingerprint density at radius 3 is 2.29 bits per heavy atom. The summed E-state index contributed by atoms with van der Waals surface area (Å²) in [6.45, 7) is 0. The van der Waals surface area contributed by atoms with E-state index in [1.807, 2.05) is 36.5 Å². The van der Waals surface area contributed by atoms with Gasteiger partial charge < -0.3 is 0 Å². The van der Waals surface area contributed by atoms with Crippen LogP contribution in [0.4, 0.5) is 10.1 Å². The van der Waals surface area contributed by atoms with E-state index < -0.39 is 11.0 Å². The lowest BCUT2D eigenvalue weighted by atomic mass is 9.97. The summed E-state index contributed by atoms with van der Waals surface area (Å²) in [7, 11) is 0. The van der Waals surface area contributed by atoms with E-state index in [0.29, 0.717) is 34.5 Å². The fraction of sp³-hybridized carbons (Fsp3) is 0.0833. The number of non-ortho nitro benzene ring substituents is 1. The molecular formula is C24H17FN6O3. The average molecular weight is 456 g/mol. The Morgan fingerprint density at radius 2 is 1.65 bits per heavy atom. The van der Waals surface area contributed by atoms with E-state index in [2.05, 4.69) is 10.4 Å². The third kappa shape index (κ3) is 3.92. The van der Waals surface area contributed by atoms with Crippen molar-refractivity contribution in [3.8, 4) is 16.9 Å². The van der Waals surface area contributed by atoms with Crippen LogP contribution < -0.4 is 0 Å². The van der Waals surface area contributed by atoms with Gasteiger partial charge in [0.1, 0.15) is 11.9 Å². The lowest BCUT2D eigenvalue weighted by Crippen LogP contribution is -2.13. The minimum atomic E-state index is -0.555. The SMILES string of the molecule is O=NN1N=C(c2ccc([N+](=O)[O-])cc2)CC1c1cn(-c2ccccc2)nc1-c1ccc(F)cc1. The predicted octanol–water partition coefficient (Wildman–Crippen LogP) is 5.42. The summed E-state index contributed by atoms with van der Waals surface area (Å²) in [5.74, 6) is -0.367. The van der Waals surface area contributed by atoms with Gasteiger partial charge in [-0.15, -0.1) is 10.0 Å². The summed E-state index contributed by atoms with van der Waals surface area (Å²) in [5, 5.41) is 24.2. The van der Waals surface area contributed by atoms with Gasteiger partial charge >= 0.3 is 0 Å². The summed E-state index contributed by atoms with van der Waals surface area (Å²) in [6.07, 6.45) is 2.14. The van der Waals surface area contributed by atoms with Crippen LogP contribution >= 0.6 is 0 Å². The zero-order valence-electron chi connectivity index (χ0n) is 17.7. The third-order valence-electron chi connectivity index (χ3n) is 5.62. The van der Waals surface area contributed by atoms with Gasteiger partial charge in [0, 0.05) is 35.9 Å². The predicted molar refractivity (Wildman–Crippen MR) is 124 cm³/mol. The molecule has 0 spiro atoms. The number of hydrogen-bond acceptors (Lipinski definition) is 6. The second-order valence-electron chi connectivity index (χ2n) is 7.69. The highest BCUT2D eigenvalue weighted by Crippen LogP contribution is 2.38. The molecule has 10 heteroatoms. The van der Waals surface area contributed by atoms with Crippen molar-refractivity contribution in [2.75, 3.05) is 0 Å². The van der Waals surface area contributed by atoms with Crippen molar-refractivity contribution in [1.82, 2.24) is 14.9 Å². The van der Waals surface area contributed by atoms with Gasteiger partial charge in [-0.2, -0.15) is 10.2 Å². The van der Waals surface area contributed by atoms with Crippen LogP contribution in [0.5, 0.6) is 0 Å². The molecule has 1 aromatic heterocycles. The Morgan fingerprint density at radius 1 is 0.971 bits per heavy atom. The molecule has 0 saturated carbocycles. The highest BCUT2D eigenvalue weighted by molar-refractivity contribution is 6.02.